The van der Waals surface area contributed by atoms with Gasteiger partial charge in [-0.2, -0.15) is 0 Å². The minimum Gasteiger partial charge on any atom is -0.493 e. The highest BCUT2D eigenvalue weighted by atomic mass is 32.2. The molecule has 1 atom stereocenters. The van der Waals surface area contributed by atoms with E-state index in [1.807, 2.05) is 24.3 Å². The number of sulfonamides is 1. The van der Waals surface area contributed by atoms with Gasteiger partial charge in [-0.3, -0.25) is 4.79 Å². The minimum atomic E-state index is -3.76. The topological polar surface area (TPSA) is 84.9 Å². The van der Waals surface area contributed by atoms with Crippen molar-refractivity contribution < 1.29 is 22.7 Å². The van der Waals surface area contributed by atoms with E-state index in [9.17, 15) is 13.2 Å². The van der Waals surface area contributed by atoms with E-state index in [1.54, 1.807) is 41.3 Å². The Kier molecular flexibility index (Phi) is 5.36. The van der Waals surface area contributed by atoms with E-state index in [2.05, 4.69) is 4.72 Å². The number of ether oxygens (including phenoxy) is 2. The lowest BCUT2D eigenvalue weighted by atomic mass is 10.1. The highest BCUT2D eigenvalue weighted by Crippen LogP contribution is 2.33. The quantitative estimate of drug-likeness (QED) is 0.655. The van der Waals surface area contributed by atoms with E-state index in [0.717, 1.165) is 10.8 Å². The number of nitrogens with zero attached hydrogens (tertiary/aromatic N) is 1. The van der Waals surface area contributed by atoms with E-state index in [-0.39, 0.29) is 23.8 Å². The normalized spacial score (nSPS) is 16.8. The number of hydrogen-bond acceptors (Lipinski definition) is 5. The summed E-state index contributed by atoms with van der Waals surface area (Å²) in [6.07, 6.45) is 0.0845. The van der Waals surface area contributed by atoms with Crippen LogP contribution in [0.2, 0.25) is 0 Å². The van der Waals surface area contributed by atoms with E-state index in [1.165, 1.54) is 14.2 Å². The molecule has 3 aromatic rings. The van der Waals surface area contributed by atoms with Crippen molar-refractivity contribution in [3.8, 4) is 11.5 Å². The van der Waals surface area contributed by atoms with Crippen molar-refractivity contribution >= 4 is 32.4 Å². The maximum Gasteiger partial charge on any atom is 0.240 e. The maximum atomic E-state index is 12.9. The second-order valence-corrected chi connectivity index (χ2v) is 8.79. The first-order chi connectivity index (χ1) is 14.4. The average Bonchev–Trinajstić information content (AvgIpc) is 3.12. The fourth-order valence-electron chi connectivity index (χ4n) is 3.65. The molecule has 30 heavy (non-hydrogen) atoms. The molecule has 0 radical (unpaired) electrons. The molecule has 1 heterocycles. The van der Waals surface area contributed by atoms with Gasteiger partial charge in [0.25, 0.3) is 0 Å². The summed E-state index contributed by atoms with van der Waals surface area (Å²) in [6.45, 7) is 0.237. The van der Waals surface area contributed by atoms with Crippen molar-refractivity contribution in [2.75, 3.05) is 25.7 Å². The Balaban J connectivity index is 1.53. The van der Waals surface area contributed by atoms with Gasteiger partial charge in [-0.15, -0.1) is 0 Å². The molecule has 3 aromatic carbocycles. The summed E-state index contributed by atoms with van der Waals surface area (Å²) in [4.78, 5) is 14.3. The standard InChI is InChI=1S/C22H22N2O5S/c1-28-20-10-8-18(13-21(20)29-2)24-14-17(12-22(24)25)23-30(26,27)19-9-7-15-5-3-4-6-16(15)11-19/h3-11,13,17,23H,12,14H2,1-2H3/t17-/m0/s1. The van der Waals surface area contributed by atoms with Crippen LogP contribution in [0.1, 0.15) is 6.42 Å². The second-order valence-electron chi connectivity index (χ2n) is 7.07. The maximum absolute atomic E-state index is 12.9. The Hall–Kier alpha value is -3.10. The molecule has 1 amide bonds. The van der Waals surface area contributed by atoms with Crippen LogP contribution in [0.5, 0.6) is 11.5 Å². The first kappa shape index (κ1) is 20.2. The van der Waals surface area contributed by atoms with Crippen molar-refractivity contribution in [3.63, 3.8) is 0 Å². The molecule has 0 spiro atoms. The number of rotatable bonds is 6. The van der Waals surface area contributed by atoms with Crippen LogP contribution >= 0.6 is 0 Å². The van der Waals surface area contributed by atoms with Crippen LogP contribution in [0.4, 0.5) is 5.69 Å². The molecule has 0 saturated carbocycles. The summed E-state index contributed by atoms with van der Waals surface area (Å²) >= 11 is 0. The molecular weight excluding hydrogens is 404 g/mol. The van der Waals surface area contributed by atoms with Crippen molar-refractivity contribution in [2.45, 2.75) is 17.4 Å². The van der Waals surface area contributed by atoms with Crippen LogP contribution < -0.4 is 19.1 Å². The van der Waals surface area contributed by atoms with Gasteiger partial charge in [-0.25, -0.2) is 13.1 Å². The predicted molar refractivity (Wildman–Crippen MR) is 115 cm³/mol. The van der Waals surface area contributed by atoms with Crippen molar-refractivity contribution in [2.24, 2.45) is 0 Å². The summed E-state index contributed by atoms with van der Waals surface area (Å²) in [5.74, 6) is 0.901. The van der Waals surface area contributed by atoms with E-state index in [4.69, 9.17) is 9.47 Å². The molecule has 156 valence electrons. The van der Waals surface area contributed by atoms with Crippen LogP contribution in [-0.4, -0.2) is 41.1 Å². The van der Waals surface area contributed by atoms with Gasteiger partial charge in [0.1, 0.15) is 0 Å². The van der Waals surface area contributed by atoms with Gasteiger partial charge in [0.15, 0.2) is 11.5 Å². The molecule has 1 aliphatic rings. The first-order valence-electron chi connectivity index (χ1n) is 9.45. The van der Waals surface area contributed by atoms with E-state index in [0.29, 0.717) is 17.2 Å². The zero-order valence-electron chi connectivity index (χ0n) is 16.7. The highest BCUT2D eigenvalue weighted by molar-refractivity contribution is 7.89. The predicted octanol–water partition coefficient (Wildman–Crippen LogP) is 2.94. The molecule has 7 nitrogen and oxygen atoms in total. The zero-order valence-corrected chi connectivity index (χ0v) is 17.5. The first-order valence-corrected chi connectivity index (χ1v) is 10.9. The zero-order chi connectivity index (χ0) is 21.3. The number of amides is 1. The minimum absolute atomic E-state index is 0.0845. The number of fused-ring (bicyclic) bond motifs is 1. The Bertz CT molecular complexity index is 1210. The molecule has 0 aromatic heterocycles. The van der Waals surface area contributed by atoms with Gasteiger partial charge >= 0.3 is 0 Å². The molecule has 4 rings (SSSR count). The smallest absolute Gasteiger partial charge is 0.240 e. The van der Waals surface area contributed by atoms with Gasteiger partial charge in [0.2, 0.25) is 15.9 Å². The van der Waals surface area contributed by atoms with E-state index < -0.39 is 16.1 Å². The molecule has 0 aliphatic carbocycles. The lowest BCUT2D eigenvalue weighted by molar-refractivity contribution is -0.117. The van der Waals surface area contributed by atoms with Crippen LogP contribution in [0.25, 0.3) is 10.8 Å². The van der Waals surface area contributed by atoms with E-state index >= 15 is 0 Å². The Labute approximate surface area is 175 Å². The third kappa shape index (κ3) is 3.83. The average molecular weight is 426 g/mol. The largest absolute Gasteiger partial charge is 0.493 e. The van der Waals surface area contributed by atoms with Crippen molar-refractivity contribution in [1.82, 2.24) is 4.72 Å². The Morgan fingerprint density at radius 1 is 0.933 bits per heavy atom. The molecule has 1 aliphatic heterocycles. The number of carbonyl (C=O) groups is 1. The molecule has 0 unspecified atom stereocenters. The second kappa shape index (κ2) is 7.97. The number of carbonyl (C=O) groups excluding carboxylic acids is 1. The summed E-state index contributed by atoms with van der Waals surface area (Å²) < 4.78 is 39.0. The van der Waals surface area contributed by atoms with Gasteiger partial charge < -0.3 is 14.4 Å². The SMILES string of the molecule is COc1ccc(N2C[C@@H](NS(=O)(=O)c3ccc4ccccc4c3)CC2=O)cc1OC. The van der Waals surface area contributed by atoms with Gasteiger partial charge in [0, 0.05) is 30.8 Å². The monoisotopic (exact) mass is 426 g/mol. The fraction of sp³-hybridized carbons (Fsp3) is 0.227. The molecular formula is C22H22N2O5S. The summed E-state index contributed by atoms with van der Waals surface area (Å²) in [6, 6.07) is 17.2. The third-order valence-electron chi connectivity index (χ3n) is 5.16. The fourth-order valence-corrected chi connectivity index (χ4v) is 4.91. The lowest BCUT2D eigenvalue weighted by Gasteiger charge is -2.19. The lowest BCUT2D eigenvalue weighted by Crippen LogP contribution is -2.37. The molecule has 1 fully saturated rings. The number of methoxy groups -OCH3 is 2. The van der Waals surface area contributed by atoms with Crippen LogP contribution in [-0.2, 0) is 14.8 Å². The van der Waals surface area contributed by atoms with Gasteiger partial charge in [0.05, 0.1) is 19.1 Å². The molecule has 0 bridgehead atoms. The number of hydrogen-bond donors (Lipinski definition) is 1. The molecule has 8 heteroatoms. The summed E-state index contributed by atoms with van der Waals surface area (Å²) in [5, 5.41) is 1.81. The van der Waals surface area contributed by atoms with Gasteiger partial charge in [-0.05, 0) is 35.0 Å². The Morgan fingerprint density at radius 2 is 1.67 bits per heavy atom. The van der Waals surface area contributed by atoms with Crippen molar-refractivity contribution in [1.29, 1.82) is 0 Å². The molecule has 1 N–H and O–H groups in total. The Morgan fingerprint density at radius 3 is 2.40 bits per heavy atom. The van der Waals surface area contributed by atoms with Crippen LogP contribution in [0.3, 0.4) is 0 Å². The highest BCUT2D eigenvalue weighted by Gasteiger charge is 2.34. The van der Waals surface area contributed by atoms with Crippen molar-refractivity contribution in [3.05, 3.63) is 60.7 Å². The summed E-state index contributed by atoms with van der Waals surface area (Å²) in [5.41, 5.74) is 0.630. The third-order valence-corrected chi connectivity index (χ3v) is 6.68. The number of benzene rings is 3. The van der Waals surface area contributed by atoms with Gasteiger partial charge in [-0.1, -0.05) is 30.3 Å². The number of nitrogens with one attached hydrogen (secondary N) is 1. The molecule has 1 saturated heterocycles. The number of anilines is 1. The van der Waals surface area contributed by atoms with Crippen LogP contribution in [0.15, 0.2) is 65.6 Å². The van der Waals surface area contributed by atoms with Crippen LogP contribution in [0, 0.1) is 0 Å². The summed E-state index contributed by atoms with van der Waals surface area (Å²) in [7, 11) is -0.702.